The van der Waals surface area contributed by atoms with Gasteiger partial charge in [0.25, 0.3) is 0 Å². The van der Waals surface area contributed by atoms with Gasteiger partial charge in [-0.05, 0) is 40.2 Å². The molecule has 0 unspecified atom stereocenters. The Morgan fingerprint density at radius 3 is 2.18 bits per heavy atom. The zero-order chi connectivity index (χ0) is 16.3. The molecule has 4 nitrogen and oxygen atoms in total. The number of carbonyl (C=O) groups excluding carboxylic acids is 1. The summed E-state index contributed by atoms with van der Waals surface area (Å²) in [6.45, 7) is 12.4. The second-order valence-corrected chi connectivity index (χ2v) is 7.24. The van der Waals surface area contributed by atoms with E-state index in [-0.39, 0.29) is 6.09 Å². The van der Waals surface area contributed by atoms with Crippen molar-refractivity contribution >= 4 is 6.09 Å². The van der Waals surface area contributed by atoms with Gasteiger partial charge in [0.05, 0.1) is 0 Å². The Labute approximate surface area is 134 Å². The fourth-order valence-electron chi connectivity index (χ4n) is 2.94. The van der Waals surface area contributed by atoms with Crippen LogP contribution in [0.1, 0.15) is 40.2 Å². The number of nitrogens with zero attached hydrogens (tertiary/aromatic N) is 2. The second kappa shape index (κ2) is 6.69. The predicted molar refractivity (Wildman–Crippen MR) is 88.7 cm³/mol. The van der Waals surface area contributed by atoms with Crippen LogP contribution in [0.15, 0.2) is 30.3 Å². The third-order valence-corrected chi connectivity index (χ3v) is 3.96. The summed E-state index contributed by atoms with van der Waals surface area (Å²) in [5.74, 6) is 0. The molecule has 22 heavy (non-hydrogen) atoms. The van der Waals surface area contributed by atoms with Crippen LogP contribution in [0.3, 0.4) is 0 Å². The number of ether oxygens (including phenoxy) is 1. The van der Waals surface area contributed by atoms with Crippen LogP contribution in [0.5, 0.6) is 0 Å². The van der Waals surface area contributed by atoms with E-state index in [1.807, 2.05) is 31.7 Å². The molecule has 0 bridgehead atoms. The first-order chi connectivity index (χ1) is 10.3. The average molecular weight is 304 g/mol. The Kier molecular flexibility index (Phi) is 5.12. The minimum absolute atomic E-state index is 0.203. The molecule has 0 N–H and O–H groups in total. The Morgan fingerprint density at radius 2 is 1.68 bits per heavy atom. The minimum Gasteiger partial charge on any atom is -0.444 e. The Hall–Kier alpha value is -1.55. The van der Waals surface area contributed by atoms with Crippen molar-refractivity contribution in [3.05, 3.63) is 35.9 Å². The highest BCUT2D eigenvalue weighted by molar-refractivity contribution is 5.68. The van der Waals surface area contributed by atoms with Crippen LogP contribution in [0.2, 0.25) is 0 Å². The van der Waals surface area contributed by atoms with Crippen LogP contribution in [0.4, 0.5) is 4.79 Å². The van der Waals surface area contributed by atoms with Crippen molar-refractivity contribution in [1.29, 1.82) is 0 Å². The van der Waals surface area contributed by atoms with E-state index in [2.05, 4.69) is 43.0 Å². The van der Waals surface area contributed by atoms with Crippen LogP contribution in [0, 0.1) is 0 Å². The van der Waals surface area contributed by atoms with Gasteiger partial charge in [-0.2, -0.15) is 0 Å². The third-order valence-electron chi connectivity index (χ3n) is 3.96. The highest BCUT2D eigenvalue weighted by Gasteiger charge is 2.33. The largest absolute Gasteiger partial charge is 0.444 e. The molecule has 0 aromatic heterocycles. The lowest BCUT2D eigenvalue weighted by atomic mass is 10.1. The lowest BCUT2D eigenvalue weighted by Crippen LogP contribution is -2.58. The fraction of sp³-hybridized carbons (Fsp3) is 0.611. The summed E-state index contributed by atoms with van der Waals surface area (Å²) in [5, 5.41) is 0. The maximum Gasteiger partial charge on any atom is 0.410 e. The maximum absolute atomic E-state index is 12.3. The summed E-state index contributed by atoms with van der Waals surface area (Å²) in [6.07, 6.45) is -0.203. The summed E-state index contributed by atoms with van der Waals surface area (Å²) in [6, 6.07) is 11.1. The molecule has 1 aliphatic heterocycles. The van der Waals surface area contributed by atoms with Gasteiger partial charge in [0.1, 0.15) is 5.60 Å². The van der Waals surface area contributed by atoms with Crippen LogP contribution < -0.4 is 0 Å². The Morgan fingerprint density at radius 1 is 1.14 bits per heavy atom. The van der Waals surface area contributed by atoms with Gasteiger partial charge in [-0.1, -0.05) is 30.3 Å². The molecular weight excluding hydrogens is 276 g/mol. The Balaban J connectivity index is 1.98. The zero-order valence-corrected chi connectivity index (χ0v) is 14.4. The van der Waals surface area contributed by atoms with E-state index in [0.29, 0.717) is 25.2 Å². The van der Waals surface area contributed by atoms with Crippen molar-refractivity contribution in [2.24, 2.45) is 0 Å². The minimum atomic E-state index is -0.440. The van der Waals surface area contributed by atoms with E-state index in [1.54, 1.807) is 0 Å². The first kappa shape index (κ1) is 16.8. The maximum atomic E-state index is 12.3. The molecule has 0 spiro atoms. The number of amides is 1. The molecule has 0 saturated carbocycles. The Bertz CT molecular complexity index is 484. The van der Waals surface area contributed by atoms with E-state index in [4.69, 9.17) is 4.74 Å². The van der Waals surface area contributed by atoms with E-state index in [9.17, 15) is 4.79 Å². The molecule has 1 aromatic rings. The van der Waals surface area contributed by atoms with Gasteiger partial charge in [-0.3, -0.25) is 4.90 Å². The van der Waals surface area contributed by atoms with E-state index < -0.39 is 5.60 Å². The summed E-state index contributed by atoms with van der Waals surface area (Å²) < 4.78 is 5.50. The zero-order valence-electron chi connectivity index (χ0n) is 14.4. The highest BCUT2D eigenvalue weighted by Crippen LogP contribution is 2.21. The van der Waals surface area contributed by atoms with E-state index in [1.165, 1.54) is 5.56 Å². The quantitative estimate of drug-likeness (QED) is 0.838. The van der Waals surface area contributed by atoms with Crippen molar-refractivity contribution in [2.75, 3.05) is 13.1 Å². The van der Waals surface area contributed by atoms with Crippen molar-refractivity contribution in [2.45, 2.75) is 58.8 Å². The SMILES string of the molecule is C[C@H]1CN(C(=O)OC(C)(C)C)C[C@H](C)N1Cc1ccccc1. The lowest BCUT2D eigenvalue weighted by molar-refractivity contribution is -0.00966. The van der Waals surface area contributed by atoms with Gasteiger partial charge in [-0.15, -0.1) is 0 Å². The molecule has 1 heterocycles. The molecular formula is C18H28N2O2. The number of benzene rings is 1. The molecule has 1 aromatic carbocycles. The summed E-state index contributed by atoms with van der Waals surface area (Å²) >= 11 is 0. The smallest absolute Gasteiger partial charge is 0.410 e. The van der Waals surface area contributed by atoms with Gasteiger partial charge in [0.2, 0.25) is 0 Å². The fourth-order valence-corrected chi connectivity index (χ4v) is 2.94. The van der Waals surface area contributed by atoms with Crippen LogP contribution in [0.25, 0.3) is 0 Å². The number of piperazine rings is 1. The summed E-state index contributed by atoms with van der Waals surface area (Å²) in [4.78, 5) is 16.5. The molecule has 0 radical (unpaired) electrons. The monoisotopic (exact) mass is 304 g/mol. The molecule has 0 aliphatic carbocycles. The third kappa shape index (κ3) is 4.47. The standard InChI is InChI=1S/C18H28N2O2/c1-14-11-19(17(21)22-18(3,4)5)12-15(2)20(14)13-16-9-7-6-8-10-16/h6-10,14-15H,11-13H2,1-5H3/t14-,15-/m0/s1. The molecule has 1 aliphatic rings. The average Bonchev–Trinajstić information content (AvgIpc) is 2.42. The molecule has 2 atom stereocenters. The van der Waals surface area contributed by atoms with E-state index in [0.717, 1.165) is 6.54 Å². The van der Waals surface area contributed by atoms with Crippen molar-refractivity contribution in [3.8, 4) is 0 Å². The molecule has 122 valence electrons. The van der Waals surface area contributed by atoms with Crippen molar-refractivity contribution in [1.82, 2.24) is 9.80 Å². The number of rotatable bonds is 2. The molecule has 2 rings (SSSR count). The van der Waals surface area contributed by atoms with Gasteiger partial charge >= 0.3 is 6.09 Å². The molecule has 4 heteroatoms. The van der Waals surface area contributed by atoms with Gasteiger partial charge in [0.15, 0.2) is 0 Å². The second-order valence-electron chi connectivity index (χ2n) is 7.24. The first-order valence-electron chi connectivity index (χ1n) is 8.04. The van der Waals surface area contributed by atoms with Crippen molar-refractivity contribution < 1.29 is 9.53 Å². The molecule has 1 amide bonds. The lowest BCUT2D eigenvalue weighted by Gasteiger charge is -2.44. The molecule has 1 saturated heterocycles. The normalized spacial score (nSPS) is 23.4. The van der Waals surface area contributed by atoms with Gasteiger partial charge in [0, 0.05) is 31.7 Å². The number of carbonyl (C=O) groups is 1. The summed E-state index contributed by atoms with van der Waals surface area (Å²) in [5.41, 5.74) is 0.872. The summed E-state index contributed by atoms with van der Waals surface area (Å²) in [7, 11) is 0. The highest BCUT2D eigenvalue weighted by atomic mass is 16.6. The topological polar surface area (TPSA) is 32.8 Å². The predicted octanol–water partition coefficient (Wildman–Crippen LogP) is 3.52. The number of hydrogen-bond acceptors (Lipinski definition) is 3. The van der Waals surface area contributed by atoms with Gasteiger partial charge < -0.3 is 9.64 Å². The molecule has 1 fully saturated rings. The van der Waals surface area contributed by atoms with Crippen LogP contribution in [-0.2, 0) is 11.3 Å². The van der Waals surface area contributed by atoms with Crippen LogP contribution in [-0.4, -0.2) is 46.7 Å². The van der Waals surface area contributed by atoms with Gasteiger partial charge in [-0.25, -0.2) is 4.79 Å². The van der Waals surface area contributed by atoms with Crippen molar-refractivity contribution in [3.63, 3.8) is 0 Å². The number of hydrogen-bond donors (Lipinski definition) is 0. The first-order valence-corrected chi connectivity index (χ1v) is 8.04. The van der Waals surface area contributed by atoms with Crippen LogP contribution >= 0.6 is 0 Å². The van der Waals surface area contributed by atoms with E-state index >= 15 is 0 Å².